The number of ether oxygens (including phenoxy) is 4. The number of aryl methyl sites for hydroxylation is 1. The van der Waals surface area contributed by atoms with Crippen molar-refractivity contribution >= 4 is 30.7 Å². The standard InChI is InChI=1S/C28H48N2O5.2ClH/c1-22(28(31)29-15-16-30-20-23(2)35-24(3)21-30)11-8-6-7-9-12-25-13-14-26(33-5)27(19-25)34-18-10-17-32-4;;/h13-14,19,22-24H,6-12,15-18,20-21H2,1-5H3,(H,29,31);2*1H/t22-,23+,24+;;/m1../s1. The van der Waals surface area contributed by atoms with Crippen molar-refractivity contribution in [2.45, 2.75) is 77.9 Å². The molecule has 1 aromatic rings. The molecule has 0 saturated carbocycles. The molecule has 1 heterocycles. The van der Waals surface area contributed by atoms with E-state index in [2.05, 4.69) is 36.2 Å². The summed E-state index contributed by atoms with van der Waals surface area (Å²) in [4.78, 5) is 14.8. The Morgan fingerprint density at radius 2 is 1.73 bits per heavy atom. The SMILES string of the molecule is COCCCOc1cc(CCCCCC[C@@H](C)C(=O)NCCN2C[C@H](C)O[C@@H](C)C2)ccc1OC.Cl.Cl. The molecule has 0 aromatic heterocycles. The molecule has 0 bridgehead atoms. The van der Waals surface area contributed by atoms with Crippen LogP contribution in [-0.4, -0.2) is 76.6 Å². The van der Waals surface area contributed by atoms with Gasteiger partial charge in [0.15, 0.2) is 11.5 Å². The molecule has 2 rings (SSSR count). The molecule has 1 N–H and O–H groups in total. The first-order chi connectivity index (χ1) is 16.9. The molecule has 216 valence electrons. The molecule has 0 unspecified atom stereocenters. The number of nitrogens with one attached hydrogen (secondary N) is 1. The quantitative estimate of drug-likeness (QED) is 0.258. The van der Waals surface area contributed by atoms with Gasteiger partial charge in [0, 0.05) is 52.2 Å². The minimum atomic E-state index is 0. The number of rotatable bonds is 17. The number of methoxy groups -OCH3 is 2. The predicted octanol–water partition coefficient (Wildman–Crippen LogP) is 5.31. The molecule has 7 nitrogen and oxygen atoms in total. The molecule has 0 radical (unpaired) electrons. The Labute approximate surface area is 237 Å². The second-order valence-corrected chi connectivity index (χ2v) is 9.84. The smallest absolute Gasteiger partial charge is 0.222 e. The number of hydrogen-bond donors (Lipinski definition) is 1. The lowest BCUT2D eigenvalue weighted by Gasteiger charge is -2.35. The molecule has 3 atom stereocenters. The van der Waals surface area contributed by atoms with Crippen LogP contribution in [0.5, 0.6) is 11.5 Å². The molecule has 37 heavy (non-hydrogen) atoms. The van der Waals surface area contributed by atoms with Gasteiger partial charge in [-0.05, 0) is 50.8 Å². The third-order valence-corrected chi connectivity index (χ3v) is 6.50. The van der Waals surface area contributed by atoms with E-state index in [0.29, 0.717) is 19.8 Å². The average molecular weight is 566 g/mol. The molecule has 0 spiro atoms. The van der Waals surface area contributed by atoms with Crippen LogP contribution >= 0.6 is 24.8 Å². The van der Waals surface area contributed by atoms with Crippen LogP contribution in [-0.2, 0) is 20.7 Å². The fraction of sp³-hybridized carbons (Fsp3) is 0.750. The monoisotopic (exact) mass is 564 g/mol. The number of hydrogen-bond acceptors (Lipinski definition) is 6. The van der Waals surface area contributed by atoms with Gasteiger partial charge in [0.05, 0.1) is 25.9 Å². The summed E-state index contributed by atoms with van der Waals surface area (Å²) in [5.74, 6) is 1.82. The van der Waals surface area contributed by atoms with E-state index in [4.69, 9.17) is 18.9 Å². The van der Waals surface area contributed by atoms with Crippen molar-refractivity contribution in [1.29, 1.82) is 0 Å². The number of carbonyl (C=O) groups is 1. The number of unbranched alkanes of at least 4 members (excludes halogenated alkanes) is 3. The summed E-state index contributed by atoms with van der Waals surface area (Å²) in [5, 5.41) is 3.12. The molecule has 1 aliphatic rings. The van der Waals surface area contributed by atoms with E-state index in [0.717, 1.165) is 76.1 Å². The molecule has 1 amide bonds. The Hall–Kier alpha value is -1.25. The summed E-state index contributed by atoms with van der Waals surface area (Å²) < 4.78 is 22.2. The third kappa shape index (κ3) is 14.5. The Kier molecular flexibility index (Phi) is 20.0. The van der Waals surface area contributed by atoms with E-state index in [-0.39, 0.29) is 48.8 Å². The second kappa shape index (κ2) is 20.7. The van der Waals surface area contributed by atoms with E-state index in [9.17, 15) is 4.79 Å². The summed E-state index contributed by atoms with van der Waals surface area (Å²) in [5.41, 5.74) is 1.27. The van der Waals surface area contributed by atoms with Gasteiger partial charge in [-0.3, -0.25) is 9.69 Å². The van der Waals surface area contributed by atoms with E-state index in [1.54, 1.807) is 14.2 Å². The zero-order valence-corrected chi connectivity index (χ0v) is 25.1. The maximum absolute atomic E-state index is 12.4. The number of nitrogens with zero attached hydrogens (tertiary/aromatic N) is 1. The number of halogens is 2. The molecule has 1 aliphatic heterocycles. The number of carbonyl (C=O) groups excluding carboxylic acids is 1. The second-order valence-electron chi connectivity index (χ2n) is 9.84. The lowest BCUT2D eigenvalue weighted by atomic mass is 10.00. The van der Waals surface area contributed by atoms with Crippen molar-refractivity contribution in [3.63, 3.8) is 0 Å². The zero-order chi connectivity index (χ0) is 25.5. The van der Waals surface area contributed by atoms with Gasteiger partial charge < -0.3 is 24.3 Å². The summed E-state index contributed by atoms with van der Waals surface area (Å²) >= 11 is 0. The summed E-state index contributed by atoms with van der Waals surface area (Å²) in [6.07, 6.45) is 7.88. The third-order valence-electron chi connectivity index (χ3n) is 6.50. The van der Waals surface area contributed by atoms with Gasteiger partial charge in [-0.25, -0.2) is 0 Å². The highest BCUT2D eigenvalue weighted by Gasteiger charge is 2.22. The normalized spacial score (nSPS) is 18.3. The van der Waals surface area contributed by atoms with Crippen LogP contribution in [0.1, 0.15) is 64.9 Å². The molecule has 1 saturated heterocycles. The molecule has 9 heteroatoms. The van der Waals surface area contributed by atoms with Gasteiger partial charge in [-0.15, -0.1) is 24.8 Å². The van der Waals surface area contributed by atoms with Crippen LogP contribution in [0, 0.1) is 5.92 Å². The van der Waals surface area contributed by atoms with Crippen LogP contribution in [0.2, 0.25) is 0 Å². The Morgan fingerprint density at radius 3 is 2.41 bits per heavy atom. The van der Waals surface area contributed by atoms with E-state index in [1.807, 2.05) is 13.0 Å². The van der Waals surface area contributed by atoms with Crippen molar-refractivity contribution in [3.8, 4) is 11.5 Å². The van der Waals surface area contributed by atoms with Crippen molar-refractivity contribution in [2.75, 3.05) is 53.6 Å². The molecule has 1 fully saturated rings. The topological polar surface area (TPSA) is 69.3 Å². The number of morpholine rings is 1. The van der Waals surface area contributed by atoms with Gasteiger partial charge in [-0.1, -0.05) is 32.3 Å². The maximum atomic E-state index is 12.4. The summed E-state index contributed by atoms with van der Waals surface area (Å²) in [7, 11) is 3.37. The summed E-state index contributed by atoms with van der Waals surface area (Å²) in [6, 6.07) is 6.20. The van der Waals surface area contributed by atoms with Crippen LogP contribution in [0.15, 0.2) is 18.2 Å². The Balaban J connectivity index is 0.00000648. The molecular formula is C28H50Cl2N2O5. The van der Waals surface area contributed by atoms with Crippen LogP contribution in [0.25, 0.3) is 0 Å². The molecule has 1 aromatic carbocycles. The maximum Gasteiger partial charge on any atom is 0.222 e. The van der Waals surface area contributed by atoms with Gasteiger partial charge in [0.25, 0.3) is 0 Å². The first-order valence-electron chi connectivity index (χ1n) is 13.4. The zero-order valence-electron chi connectivity index (χ0n) is 23.5. The van der Waals surface area contributed by atoms with Crippen LogP contribution in [0.4, 0.5) is 0 Å². The number of amides is 1. The minimum Gasteiger partial charge on any atom is -0.493 e. The molecule has 0 aliphatic carbocycles. The largest absolute Gasteiger partial charge is 0.493 e. The lowest BCUT2D eigenvalue weighted by molar-refractivity contribution is -0.124. The van der Waals surface area contributed by atoms with Crippen LogP contribution < -0.4 is 14.8 Å². The van der Waals surface area contributed by atoms with Gasteiger partial charge in [-0.2, -0.15) is 0 Å². The minimum absolute atomic E-state index is 0. The highest BCUT2D eigenvalue weighted by atomic mass is 35.5. The van der Waals surface area contributed by atoms with Crippen molar-refractivity contribution < 1.29 is 23.7 Å². The van der Waals surface area contributed by atoms with Crippen molar-refractivity contribution in [3.05, 3.63) is 23.8 Å². The first kappa shape index (κ1) is 35.8. The van der Waals surface area contributed by atoms with Gasteiger partial charge in [0.1, 0.15) is 0 Å². The Bertz CT molecular complexity index is 731. The van der Waals surface area contributed by atoms with Crippen LogP contribution in [0.3, 0.4) is 0 Å². The predicted molar refractivity (Wildman–Crippen MR) is 155 cm³/mol. The summed E-state index contributed by atoms with van der Waals surface area (Å²) in [6.45, 7) is 11.0. The fourth-order valence-corrected chi connectivity index (χ4v) is 4.62. The van der Waals surface area contributed by atoms with E-state index in [1.165, 1.54) is 5.56 Å². The average Bonchev–Trinajstić information content (AvgIpc) is 2.83. The molecular weight excluding hydrogens is 515 g/mol. The first-order valence-corrected chi connectivity index (χ1v) is 13.4. The van der Waals surface area contributed by atoms with Gasteiger partial charge in [0.2, 0.25) is 5.91 Å². The lowest BCUT2D eigenvalue weighted by Crippen LogP contribution is -2.48. The van der Waals surface area contributed by atoms with Crippen molar-refractivity contribution in [1.82, 2.24) is 10.2 Å². The highest BCUT2D eigenvalue weighted by Crippen LogP contribution is 2.29. The van der Waals surface area contributed by atoms with E-state index < -0.39 is 0 Å². The number of benzene rings is 1. The van der Waals surface area contributed by atoms with E-state index >= 15 is 0 Å². The Morgan fingerprint density at radius 1 is 1.03 bits per heavy atom. The fourth-order valence-electron chi connectivity index (χ4n) is 4.62. The van der Waals surface area contributed by atoms with Gasteiger partial charge >= 0.3 is 0 Å². The van der Waals surface area contributed by atoms with Crippen molar-refractivity contribution in [2.24, 2.45) is 5.92 Å². The highest BCUT2D eigenvalue weighted by molar-refractivity contribution is 5.85.